The molecule has 2 aliphatic rings. The van der Waals surface area contributed by atoms with Crippen molar-refractivity contribution in [2.45, 2.75) is 49.0 Å². The first kappa shape index (κ1) is 14.2. The van der Waals surface area contributed by atoms with E-state index in [-0.39, 0.29) is 35.2 Å². The van der Waals surface area contributed by atoms with E-state index in [1.807, 2.05) is 0 Å². The smallest absolute Gasteiger partial charge is 0.426 e. The van der Waals surface area contributed by atoms with Gasteiger partial charge in [0, 0.05) is 0 Å². The van der Waals surface area contributed by atoms with Gasteiger partial charge in [-0.3, -0.25) is 0 Å². The average Bonchev–Trinajstić information content (AvgIpc) is 2.17. The van der Waals surface area contributed by atoms with Gasteiger partial charge in [-0.15, -0.1) is 23.2 Å². The molecule has 0 radical (unpaired) electrons. The van der Waals surface area contributed by atoms with Crippen LogP contribution in [-0.2, 0) is 18.9 Å². The van der Waals surface area contributed by atoms with E-state index in [1.165, 1.54) is 0 Å². The summed E-state index contributed by atoms with van der Waals surface area (Å²) in [5, 5.41) is -0.418. The van der Waals surface area contributed by atoms with Crippen molar-refractivity contribution in [2.24, 2.45) is 0 Å². The van der Waals surface area contributed by atoms with E-state index < -0.39 is 6.16 Å². The molecule has 5 nitrogen and oxygen atoms in total. The van der Waals surface area contributed by atoms with Gasteiger partial charge >= 0.3 is 6.16 Å². The van der Waals surface area contributed by atoms with Crippen LogP contribution in [0.25, 0.3) is 0 Å². The quantitative estimate of drug-likeness (QED) is 0.586. The Morgan fingerprint density at radius 2 is 1.44 bits per heavy atom. The minimum Gasteiger partial charge on any atom is -0.426 e. The fourth-order valence-corrected chi connectivity index (χ4v) is 2.38. The van der Waals surface area contributed by atoms with Crippen molar-refractivity contribution in [2.75, 3.05) is 13.2 Å². The molecule has 7 heteroatoms. The van der Waals surface area contributed by atoms with Crippen molar-refractivity contribution in [3.05, 3.63) is 0 Å². The Kier molecular flexibility index (Phi) is 4.59. The van der Waals surface area contributed by atoms with Crippen LogP contribution in [-0.4, -0.2) is 54.5 Å². The highest BCUT2D eigenvalue weighted by atomic mass is 35.5. The Balaban J connectivity index is 1.73. The Hall–Kier alpha value is -0.230. The van der Waals surface area contributed by atoms with Crippen LogP contribution in [0.15, 0.2) is 0 Å². The van der Waals surface area contributed by atoms with Crippen molar-refractivity contribution >= 4 is 29.4 Å². The molecule has 2 saturated heterocycles. The van der Waals surface area contributed by atoms with E-state index in [4.69, 9.17) is 42.1 Å². The lowest BCUT2D eigenvalue weighted by atomic mass is 10.1. The highest BCUT2D eigenvalue weighted by molar-refractivity contribution is 6.21. The summed E-state index contributed by atoms with van der Waals surface area (Å²) in [6.45, 7) is 4.29. The van der Waals surface area contributed by atoms with Gasteiger partial charge in [-0.25, -0.2) is 4.79 Å². The second kappa shape index (κ2) is 5.82. The lowest BCUT2D eigenvalue weighted by molar-refractivity contribution is -0.200. The molecular weight excluding hydrogens is 283 g/mol. The molecule has 0 aromatic heterocycles. The predicted molar refractivity (Wildman–Crippen MR) is 65.3 cm³/mol. The second-order valence-corrected chi connectivity index (χ2v) is 5.89. The number of rotatable bonds is 4. The Labute approximate surface area is 116 Å². The number of carbonyl (C=O) groups excluding carboxylic acids is 1. The molecule has 2 rings (SSSR count). The summed E-state index contributed by atoms with van der Waals surface area (Å²) in [4.78, 5) is 11.5. The van der Waals surface area contributed by atoms with E-state index in [9.17, 15) is 4.79 Å². The van der Waals surface area contributed by atoms with Crippen molar-refractivity contribution < 1.29 is 23.7 Å². The zero-order chi connectivity index (χ0) is 13.3. The molecule has 0 aromatic carbocycles. The van der Waals surface area contributed by atoms with Crippen LogP contribution in [0, 0.1) is 0 Å². The highest BCUT2D eigenvalue weighted by Gasteiger charge is 2.42. The first-order chi connectivity index (χ1) is 8.49. The molecule has 2 fully saturated rings. The summed E-state index contributed by atoms with van der Waals surface area (Å²) in [5.41, 5.74) is 0. The Morgan fingerprint density at radius 3 is 1.67 bits per heavy atom. The van der Waals surface area contributed by atoms with Crippen molar-refractivity contribution in [1.82, 2.24) is 0 Å². The van der Waals surface area contributed by atoms with E-state index in [2.05, 4.69) is 0 Å². The number of ether oxygens (including phenoxy) is 4. The van der Waals surface area contributed by atoms with Crippen LogP contribution >= 0.6 is 23.2 Å². The molecule has 18 heavy (non-hydrogen) atoms. The molecule has 0 N–H and O–H groups in total. The van der Waals surface area contributed by atoms with Gasteiger partial charge in [0.25, 0.3) is 0 Å². The van der Waals surface area contributed by atoms with Crippen LogP contribution in [0.5, 0.6) is 0 Å². The highest BCUT2D eigenvalue weighted by Crippen LogP contribution is 2.26. The van der Waals surface area contributed by atoms with Crippen LogP contribution in [0.2, 0.25) is 0 Å². The van der Waals surface area contributed by atoms with Crippen LogP contribution in [0.1, 0.15) is 13.8 Å². The topological polar surface area (TPSA) is 54.0 Å². The first-order valence-corrected chi connectivity index (χ1v) is 6.75. The van der Waals surface area contributed by atoms with Gasteiger partial charge < -0.3 is 18.9 Å². The minimum atomic E-state index is -0.721. The number of carbonyl (C=O) groups is 1. The Bertz CT molecular complexity index is 282. The number of hydrogen-bond acceptors (Lipinski definition) is 5. The van der Waals surface area contributed by atoms with E-state index in [0.29, 0.717) is 13.2 Å². The molecule has 0 saturated carbocycles. The maximum Gasteiger partial charge on any atom is 0.509 e. The maximum absolute atomic E-state index is 11.5. The van der Waals surface area contributed by atoms with Gasteiger partial charge in [-0.2, -0.15) is 0 Å². The van der Waals surface area contributed by atoms with Crippen molar-refractivity contribution in [1.29, 1.82) is 0 Å². The minimum absolute atomic E-state index is 0.209. The summed E-state index contributed by atoms with van der Waals surface area (Å²) in [5.74, 6) is 0. The number of hydrogen-bond donors (Lipinski definition) is 0. The summed E-state index contributed by atoms with van der Waals surface area (Å²) in [6.07, 6.45) is -1.92. The van der Waals surface area contributed by atoms with Gasteiger partial charge in [0.15, 0.2) is 12.2 Å². The van der Waals surface area contributed by atoms with E-state index >= 15 is 0 Å². The normalized spacial score (nSPS) is 38.0. The molecule has 0 amide bonds. The summed E-state index contributed by atoms with van der Waals surface area (Å²) in [6, 6.07) is 0. The third kappa shape index (κ3) is 3.02. The Morgan fingerprint density at radius 1 is 1.06 bits per heavy atom. The fourth-order valence-electron chi connectivity index (χ4n) is 1.91. The van der Waals surface area contributed by atoms with Gasteiger partial charge in [0.2, 0.25) is 0 Å². The molecule has 6 atom stereocenters. The third-order valence-electron chi connectivity index (χ3n) is 3.04. The number of alkyl halides is 2. The zero-order valence-corrected chi connectivity index (χ0v) is 11.7. The van der Waals surface area contributed by atoms with Crippen molar-refractivity contribution in [3.8, 4) is 0 Å². The second-order valence-electron chi connectivity index (χ2n) is 4.51. The lowest BCUT2D eigenvalue weighted by Crippen LogP contribution is -2.54. The molecule has 0 aromatic rings. The van der Waals surface area contributed by atoms with E-state index in [0.717, 1.165) is 0 Å². The molecular formula is C11H16Cl2O5. The third-order valence-corrected chi connectivity index (χ3v) is 3.54. The van der Waals surface area contributed by atoms with Gasteiger partial charge in [0.05, 0.1) is 24.0 Å². The van der Waals surface area contributed by atoms with Gasteiger partial charge in [-0.1, -0.05) is 0 Å². The fraction of sp³-hybridized carbons (Fsp3) is 0.909. The molecule has 0 aliphatic carbocycles. The number of halogens is 2. The SMILES string of the molecule is CC(Cl)C1OCC1OC(=O)OC1COC1C(C)Cl. The summed E-state index contributed by atoms with van der Waals surface area (Å²) in [7, 11) is 0. The van der Waals surface area contributed by atoms with Crippen LogP contribution < -0.4 is 0 Å². The molecule has 0 spiro atoms. The van der Waals surface area contributed by atoms with Crippen molar-refractivity contribution in [3.63, 3.8) is 0 Å². The summed E-state index contributed by atoms with van der Waals surface area (Å²) >= 11 is 11.7. The van der Waals surface area contributed by atoms with Crippen LogP contribution in [0.3, 0.4) is 0 Å². The molecule has 0 bridgehead atoms. The summed E-state index contributed by atoms with van der Waals surface area (Å²) < 4.78 is 20.7. The standard InChI is InChI=1S/C11H16Cl2O5/c1-5(12)9-7(3-15-9)17-11(14)18-8-4-16-10(8)6(2)13/h5-10H,3-4H2,1-2H3. The van der Waals surface area contributed by atoms with Gasteiger partial charge in [0.1, 0.15) is 12.2 Å². The van der Waals surface area contributed by atoms with E-state index in [1.54, 1.807) is 13.8 Å². The molecule has 6 unspecified atom stereocenters. The predicted octanol–water partition coefficient (Wildman–Crippen LogP) is 1.93. The molecule has 2 heterocycles. The lowest BCUT2D eigenvalue weighted by Gasteiger charge is -2.39. The molecule has 104 valence electrons. The average molecular weight is 299 g/mol. The molecule has 2 aliphatic heterocycles. The van der Waals surface area contributed by atoms with Gasteiger partial charge in [-0.05, 0) is 13.8 Å². The monoisotopic (exact) mass is 298 g/mol. The zero-order valence-electron chi connectivity index (χ0n) is 10.2. The maximum atomic E-state index is 11.5. The first-order valence-electron chi connectivity index (χ1n) is 5.87. The largest absolute Gasteiger partial charge is 0.509 e. The van der Waals surface area contributed by atoms with Crippen LogP contribution in [0.4, 0.5) is 4.79 Å².